The average molecular weight is 260 g/mol. The summed E-state index contributed by atoms with van der Waals surface area (Å²) in [7, 11) is 0. The first kappa shape index (κ1) is 12.0. The fourth-order valence-electron chi connectivity index (χ4n) is 3.01. The number of carboxylic acid groups (broad SMARTS) is 1. The Labute approximate surface area is 111 Å². The topological polar surface area (TPSA) is 60.9 Å². The van der Waals surface area contributed by atoms with Crippen molar-refractivity contribution in [1.82, 2.24) is 4.90 Å². The number of nitrogens with zero attached hydrogens (tertiary/aromatic N) is 2. The summed E-state index contributed by atoms with van der Waals surface area (Å²) in [6, 6.07) is 7.30. The number of para-hydroxylation sites is 1. The lowest BCUT2D eigenvalue weighted by Crippen LogP contribution is -2.51. The van der Waals surface area contributed by atoms with Gasteiger partial charge in [-0.05, 0) is 18.6 Å². The first-order valence-corrected chi connectivity index (χ1v) is 6.53. The summed E-state index contributed by atoms with van der Waals surface area (Å²) < 4.78 is 0. The van der Waals surface area contributed by atoms with Gasteiger partial charge >= 0.3 is 5.97 Å². The van der Waals surface area contributed by atoms with Crippen LogP contribution >= 0.6 is 0 Å². The number of rotatable bonds is 2. The normalized spacial score (nSPS) is 22.5. The van der Waals surface area contributed by atoms with Crippen molar-refractivity contribution in [2.24, 2.45) is 0 Å². The van der Waals surface area contributed by atoms with Gasteiger partial charge in [0.2, 0.25) is 5.91 Å². The first-order valence-electron chi connectivity index (χ1n) is 6.53. The van der Waals surface area contributed by atoms with Gasteiger partial charge in [0.15, 0.2) is 0 Å². The second-order valence-corrected chi connectivity index (χ2v) is 5.05. The molecule has 0 spiro atoms. The summed E-state index contributed by atoms with van der Waals surface area (Å²) in [6.07, 6.45) is 1.50. The Morgan fingerprint density at radius 1 is 1.26 bits per heavy atom. The summed E-state index contributed by atoms with van der Waals surface area (Å²) in [5, 5.41) is 9.23. The monoisotopic (exact) mass is 260 g/mol. The van der Waals surface area contributed by atoms with E-state index in [2.05, 4.69) is 4.90 Å². The highest BCUT2D eigenvalue weighted by Gasteiger charge is 2.36. The van der Waals surface area contributed by atoms with Gasteiger partial charge in [-0.2, -0.15) is 0 Å². The number of hydrogen-bond acceptors (Lipinski definition) is 3. The van der Waals surface area contributed by atoms with Gasteiger partial charge in [0.05, 0.1) is 11.3 Å². The van der Waals surface area contributed by atoms with E-state index in [1.807, 2.05) is 17.0 Å². The number of carboxylic acids is 1. The number of carbonyl (C=O) groups is 2. The standard InChI is InChI=1S/C14H16N2O3/c17-13-6-5-10-9-15(7-8-16(10)13)12-4-2-1-3-11(12)14(18)19/h1-4,10H,5-9H2,(H,18,19). The molecule has 2 aliphatic heterocycles. The fraction of sp³-hybridized carbons (Fsp3) is 0.429. The number of aromatic carboxylic acids is 1. The highest BCUT2D eigenvalue weighted by atomic mass is 16.4. The van der Waals surface area contributed by atoms with E-state index in [0.29, 0.717) is 25.1 Å². The molecular formula is C14H16N2O3. The van der Waals surface area contributed by atoms with Crippen LogP contribution in [0.2, 0.25) is 0 Å². The Balaban J connectivity index is 1.85. The molecule has 5 heteroatoms. The number of carbonyl (C=O) groups excluding carboxylic acids is 1. The van der Waals surface area contributed by atoms with Gasteiger partial charge in [-0.15, -0.1) is 0 Å². The zero-order chi connectivity index (χ0) is 13.4. The van der Waals surface area contributed by atoms with Gasteiger partial charge in [-0.1, -0.05) is 12.1 Å². The van der Waals surface area contributed by atoms with Crippen molar-refractivity contribution < 1.29 is 14.7 Å². The highest BCUT2D eigenvalue weighted by Crippen LogP contribution is 2.28. The molecule has 3 rings (SSSR count). The van der Waals surface area contributed by atoms with Crippen LogP contribution in [0.5, 0.6) is 0 Å². The molecule has 2 saturated heterocycles. The Hall–Kier alpha value is -2.04. The summed E-state index contributed by atoms with van der Waals surface area (Å²) in [5.74, 6) is -0.670. The molecule has 2 aliphatic rings. The molecule has 1 aromatic rings. The van der Waals surface area contributed by atoms with Gasteiger partial charge in [-0.25, -0.2) is 4.79 Å². The predicted molar refractivity (Wildman–Crippen MR) is 70.3 cm³/mol. The molecule has 1 aromatic carbocycles. The van der Waals surface area contributed by atoms with Gasteiger partial charge in [0.25, 0.3) is 0 Å². The van der Waals surface area contributed by atoms with Crippen molar-refractivity contribution in [1.29, 1.82) is 0 Å². The lowest BCUT2D eigenvalue weighted by Gasteiger charge is -2.39. The molecule has 0 saturated carbocycles. The Morgan fingerprint density at radius 2 is 2.05 bits per heavy atom. The molecule has 0 aromatic heterocycles. The number of fused-ring (bicyclic) bond motifs is 1. The maximum absolute atomic E-state index is 11.6. The molecule has 2 fully saturated rings. The van der Waals surface area contributed by atoms with Crippen LogP contribution in [0.3, 0.4) is 0 Å². The molecule has 0 bridgehead atoms. The second-order valence-electron chi connectivity index (χ2n) is 5.05. The lowest BCUT2D eigenvalue weighted by atomic mass is 10.1. The molecule has 1 atom stereocenters. The Kier molecular flexibility index (Phi) is 2.89. The third-order valence-corrected chi connectivity index (χ3v) is 3.97. The zero-order valence-corrected chi connectivity index (χ0v) is 10.6. The molecule has 1 amide bonds. The lowest BCUT2D eigenvalue weighted by molar-refractivity contribution is -0.129. The van der Waals surface area contributed by atoms with E-state index < -0.39 is 5.97 Å². The van der Waals surface area contributed by atoms with E-state index >= 15 is 0 Å². The van der Waals surface area contributed by atoms with Crippen LogP contribution in [-0.4, -0.2) is 47.6 Å². The van der Waals surface area contributed by atoms with Gasteiger partial charge < -0.3 is 14.9 Å². The average Bonchev–Trinajstić information content (AvgIpc) is 2.80. The summed E-state index contributed by atoms with van der Waals surface area (Å²) in [6.45, 7) is 2.13. The van der Waals surface area contributed by atoms with Crippen LogP contribution in [0.25, 0.3) is 0 Å². The molecule has 100 valence electrons. The second kappa shape index (κ2) is 4.57. The number of anilines is 1. The third kappa shape index (κ3) is 2.05. The molecule has 0 radical (unpaired) electrons. The highest BCUT2D eigenvalue weighted by molar-refractivity contribution is 5.94. The largest absolute Gasteiger partial charge is 0.478 e. The van der Waals surface area contributed by atoms with E-state index in [-0.39, 0.29) is 11.9 Å². The van der Waals surface area contributed by atoms with Crippen LogP contribution in [0.15, 0.2) is 24.3 Å². The minimum absolute atomic E-state index is 0.233. The van der Waals surface area contributed by atoms with Crippen LogP contribution in [0.1, 0.15) is 23.2 Å². The molecule has 1 unspecified atom stereocenters. The smallest absolute Gasteiger partial charge is 0.337 e. The fourth-order valence-corrected chi connectivity index (χ4v) is 3.01. The van der Waals surface area contributed by atoms with Crippen molar-refractivity contribution in [3.8, 4) is 0 Å². The van der Waals surface area contributed by atoms with Crippen LogP contribution in [0.4, 0.5) is 5.69 Å². The van der Waals surface area contributed by atoms with Crippen LogP contribution in [0, 0.1) is 0 Å². The third-order valence-electron chi connectivity index (χ3n) is 3.97. The van der Waals surface area contributed by atoms with E-state index in [9.17, 15) is 14.7 Å². The predicted octanol–water partition coefficient (Wildman–Crippen LogP) is 1.20. The number of benzene rings is 1. The molecule has 2 heterocycles. The molecule has 5 nitrogen and oxygen atoms in total. The van der Waals surface area contributed by atoms with E-state index in [4.69, 9.17) is 0 Å². The summed E-state index contributed by atoms with van der Waals surface area (Å²) >= 11 is 0. The van der Waals surface area contributed by atoms with Gasteiger partial charge in [0, 0.05) is 32.1 Å². The summed E-state index contributed by atoms with van der Waals surface area (Å²) in [4.78, 5) is 26.9. The quantitative estimate of drug-likeness (QED) is 0.868. The minimum Gasteiger partial charge on any atom is -0.478 e. The zero-order valence-electron chi connectivity index (χ0n) is 10.6. The Morgan fingerprint density at radius 3 is 2.84 bits per heavy atom. The number of piperazine rings is 1. The van der Waals surface area contributed by atoms with E-state index in [0.717, 1.165) is 18.7 Å². The van der Waals surface area contributed by atoms with Crippen molar-refractivity contribution in [2.45, 2.75) is 18.9 Å². The Bertz CT molecular complexity index is 529. The maximum Gasteiger partial charge on any atom is 0.337 e. The first-order chi connectivity index (χ1) is 9.16. The molecule has 0 aliphatic carbocycles. The minimum atomic E-state index is -0.902. The summed E-state index contributed by atoms with van der Waals surface area (Å²) in [5.41, 5.74) is 1.09. The molecular weight excluding hydrogens is 244 g/mol. The van der Waals surface area contributed by atoms with Crippen molar-refractivity contribution in [3.05, 3.63) is 29.8 Å². The van der Waals surface area contributed by atoms with Gasteiger partial charge in [-0.3, -0.25) is 4.79 Å². The molecule has 19 heavy (non-hydrogen) atoms. The molecule has 1 N–H and O–H groups in total. The van der Waals surface area contributed by atoms with Gasteiger partial charge in [0.1, 0.15) is 0 Å². The number of amides is 1. The van der Waals surface area contributed by atoms with E-state index in [1.165, 1.54) is 0 Å². The number of hydrogen-bond donors (Lipinski definition) is 1. The van der Waals surface area contributed by atoms with Crippen molar-refractivity contribution in [2.75, 3.05) is 24.5 Å². The SMILES string of the molecule is O=C(O)c1ccccc1N1CCN2C(=O)CCC2C1. The van der Waals surface area contributed by atoms with Crippen LogP contribution < -0.4 is 4.90 Å². The maximum atomic E-state index is 11.6. The van der Waals surface area contributed by atoms with Crippen LogP contribution in [-0.2, 0) is 4.79 Å². The van der Waals surface area contributed by atoms with E-state index in [1.54, 1.807) is 12.1 Å². The van der Waals surface area contributed by atoms with Crippen molar-refractivity contribution >= 4 is 17.6 Å². The van der Waals surface area contributed by atoms with Crippen molar-refractivity contribution in [3.63, 3.8) is 0 Å².